The molecule has 0 radical (unpaired) electrons. The zero-order valence-corrected chi connectivity index (χ0v) is 11.9. The second-order valence-electron chi connectivity index (χ2n) is 5.30. The number of rotatable bonds is 4. The highest BCUT2D eigenvalue weighted by molar-refractivity contribution is 5.95. The Balaban J connectivity index is 2.07. The molecule has 0 atom stereocenters. The monoisotopic (exact) mass is 271 g/mol. The highest BCUT2D eigenvalue weighted by Crippen LogP contribution is 2.34. The van der Waals surface area contributed by atoms with Crippen LogP contribution < -0.4 is 5.32 Å². The van der Waals surface area contributed by atoms with Gasteiger partial charge in [-0.1, -0.05) is 24.8 Å². The van der Waals surface area contributed by atoms with Gasteiger partial charge in [0.15, 0.2) is 0 Å². The summed E-state index contributed by atoms with van der Waals surface area (Å²) in [5, 5.41) is 11.9. The van der Waals surface area contributed by atoms with Gasteiger partial charge in [0.1, 0.15) is 0 Å². The fraction of sp³-hybridized carbons (Fsp3) is 0.471. The Bertz CT molecular complexity index is 530. The average Bonchev–Trinajstić information content (AvgIpc) is 2.43. The number of hydrogen-bond acceptors (Lipinski definition) is 2. The van der Waals surface area contributed by atoms with Crippen molar-refractivity contribution >= 4 is 5.91 Å². The van der Waals surface area contributed by atoms with Crippen LogP contribution in [0.2, 0.25) is 0 Å². The van der Waals surface area contributed by atoms with Crippen LogP contribution in [0.5, 0.6) is 0 Å². The maximum absolute atomic E-state index is 12.3. The molecule has 1 amide bonds. The highest BCUT2D eigenvalue weighted by Gasteiger charge is 2.36. The van der Waals surface area contributed by atoms with Crippen molar-refractivity contribution in [2.75, 3.05) is 6.61 Å². The van der Waals surface area contributed by atoms with E-state index in [0.717, 1.165) is 24.8 Å². The van der Waals surface area contributed by atoms with Gasteiger partial charge in [0, 0.05) is 23.1 Å². The fourth-order valence-corrected chi connectivity index (χ4v) is 2.44. The summed E-state index contributed by atoms with van der Waals surface area (Å²) in [6.45, 7) is 2.18. The van der Waals surface area contributed by atoms with E-state index in [9.17, 15) is 4.79 Å². The molecule has 3 nitrogen and oxygen atoms in total. The van der Waals surface area contributed by atoms with Crippen LogP contribution in [0.25, 0.3) is 0 Å². The van der Waals surface area contributed by atoms with E-state index < -0.39 is 0 Å². The van der Waals surface area contributed by atoms with Crippen molar-refractivity contribution in [2.24, 2.45) is 0 Å². The standard InChI is InChI=1S/C17H21NO2/c1-2-17(10-6-11-17)18-16(20)15-9-5-8-14(13-15)7-3-4-12-19/h5,8-9,13,19H,2,4,6,10-12H2,1H3,(H,18,20). The van der Waals surface area contributed by atoms with Gasteiger partial charge in [-0.2, -0.15) is 0 Å². The van der Waals surface area contributed by atoms with Gasteiger partial charge in [-0.3, -0.25) is 4.79 Å². The van der Waals surface area contributed by atoms with E-state index in [1.54, 1.807) is 0 Å². The summed E-state index contributed by atoms with van der Waals surface area (Å²) >= 11 is 0. The molecule has 1 aromatic carbocycles. The van der Waals surface area contributed by atoms with Crippen LogP contribution in [0, 0.1) is 11.8 Å². The lowest BCUT2D eigenvalue weighted by Gasteiger charge is -2.42. The first-order valence-corrected chi connectivity index (χ1v) is 7.21. The lowest BCUT2D eigenvalue weighted by atomic mass is 9.74. The maximum Gasteiger partial charge on any atom is 0.251 e. The smallest absolute Gasteiger partial charge is 0.251 e. The van der Waals surface area contributed by atoms with Gasteiger partial charge in [0.05, 0.1) is 6.61 Å². The van der Waals surface area contributed by atoms with Crippen molar-refractivity contribution < 1.29 is 9.90 Å². The number of carbonyl (C=O) groups is 1. The van der Waals surface area contributed by atoms with Crippen molar-refractivity contribution in [1.29, 1.82) is 0 Å². The van der Waals surface area contributed by atoms with Crippen molar-refractivity contribution in [3.63, 3.8) is 0 Å². The molecule has 1 aliphatic carbocycles. The van der Waals surface area contributed by atoms with Crippen LogP contribution in [0.3, 0.4) is 0 Å². The molecule has 2 N–H and O–H groups in total. The highest BCUT2D eigenvalue weighted by atomic mass is 16.2. The summed E-state index contributed by atoms with van der Waals surface area (Å²) in [6.07, 6.45) is 4.78. The van der Waals surface area contributed by atoms with E-state index in [1.165, 1.54) is 6.42 Å². The zero-order chi connectivity index (χ0) is 14.4. The predicted molar refractivity (Wildman–Crippen MR) is 79.4 cm³/mol. The summed E-state index contributed by atoms with van der Waals surface area (Å²) in [5.74, 6) is 5.81. The third-order valence-electron chi connectivity index (χ3n) is 3.96. The Hall–Kier alpha value is -1.79. The number of benzene rings is 1. The molecule has 3 heteroatoms. The molecule has 1 aliphatic rings. The Kier molecular flexibility index (Phi) is 4.81. The van der Waals surface area contributed by atoms with Crippen molar-refractivity contribution in [2.45, 2.75) is 44.6 Å². The first-order chi connectivity index (χ1) is 9.69. The van der Waals surface area contributed by atoms with Gasteiger partial charge in [-0.25, -0.2) is 0 Å². The zero-order valence-electron chi connectivity index (χ0n) is 11.9. The predicted octanol–water partition coefficient (Wildman–Crippen LogP) is 2.48. The fourth-order valence-electron chi connectivity index (χ4n) is 2.44. The van der Waals surface area contributed by atoms with Gasteiger partial charge >= 0.3 is 0 Å². The molecule has 0 aliphatic heterocycles. The molecule has 0 saturated heterocycles. The van der Waals surface area contributed by atoms with E-state index in [4.69, 9.17) is 5.11 Å². The van der Waals surface area contributed by atoms with Crippen LogP contribution in [0.1, 0.15) is 54.9 Å². The number of aliphatic hydroxyl groups excluding tert-OH is 1. The van der Waals surface area contributed by atoms with E-state index >= 15 is 0 Å². The summed E-state index contributed by atoms with van der Waals surface area (Å²) < 4.78 is 0. The van der Waals surface area contributed by atoms with Crippen molar-refractivity contribution in [1.82, 2.24) is 5.32 Å². The molecular formula is C17H21NO2. The quantitative estimate of drug-likeness (QED) is 0.827. The van der Waals surface area contributed by atoms with E-state index in [-0.39, 0.29) is 18.1 Å². The van der Waals surface area contributed by atoms with E-state index in [0.29, 0.717) is 12.0 Å². The van der Waals surface area contributed by atoms with Crippen LogP contribution >= 0.6 is 0 Å². The normalized spacial score (nSPS) is 15.7. The Morgan fingerprint density at radius 1 is 1.45 bits per heavy atom. The van der Waals surface area contributed by atoms with Gasteiger partial charge in [-0.15, -0.1) is 0 Å². The molecule has 20 heavy (non-hydrogen) atoms. The number of aliphatic hydroxyl groups is 1. The molecular weight excluding hydrogens is 250 g/mol. The van der Waals surface area contributed by atoms with Crippen LogP contribution in [-0.2, 0) is 0 Å². The Labute approximate surface area is 120 Å². The minimum atomic E-state index is -0.0163. The molecule has 1 saturated carbocycles. The largest absolute Gasteiger partial charge is 0.395 e. The minimum Gasteiger partial charge on any atom is -0.395 e. The topological polar surface area (TPSA) is 49.3 Å². The molecule has 0 unspecified atom stereocenters. The number of carbonyl (C=O) groups excluding carboxylic acids is 1. The third kappa shape index (κ3) is 3.40. The summed E-state index contributed by atoms with van der Waals surface area (Å²) in [7, 11) is 0. The number of amides is 1. The molecule has 1 aromatic rings. The Morgan fingerprint density at radius 2 is 2.25 bits per heavy atom. The molecule has 0 heterocycles. The first kappa shape index (κ1) is 14.6. The first-order valence-electron chi connectivity index (χ1n) is 7.21. The van der Waals surface area contributed by atoms with Crippen LogP contribution in [-0.4, -0.2) is 23.2 Å². The van der Waals surface area contributed by atoms with Gasteiger partial charge in [0.25, 0.3) is 5.91 Å². The van der Waals surface area contributed by atoms with Gasteiger partial charge < -0.3 is 10.4 Å². The van der Waals surface area contributed by atoms with E-state index in [2.05, 4.69) is 24.1 Å². The number of hydrogen-bond donors (Lipinski definition) is 2. The van der Waals surface area contributed by atoms with Gasteiger partial charge in [-0.05, 0) is 43.9 Å². The molecule has 0 bridgehead atoms. The van der Waals surface area contributed by atoms with Gasteiger partial charge in [0.2, 0.25) is 0 Å². The molecule has 2 rings (SSSR count). The lowest BCUT2D eigenvalue weighted by molar-refractivity contribution is 0.0820. The Morgan fingerprint density at radius 3 is 2.85 bits per heavy atom. The molecule has 0 aromatic heterocycles. The summed E-state index contributed by atoms with van der Waals surface area (Å²) in [5.41, 5.74) is 1.47. The summed E-state index contributed by atoms with van der Waals surface area (Å²) in [6, 6.07) is 7.34. The summed E-state index contributed by atoms with van der Waals surface area (Å²) in [4.78, 5) is 12.3. The molecule has 106 valence electrons. The van der Waals surface area contributed by atoms with E-state index in [1.807, 2.05) is 24.3 Å². The lowest BCUT2D eigenvalue weighted by Crippen LogP contribution is -2.52. The second-order valence-corrected chi connectivity index (χ2v) is 5.30. The molecule has 0 spiro atoms. The van der Waals surface area contributed by atoms with Crippen molar-refractivity contribution in [3.8, 4) is 11.8 Å². The SMILES string of the molecule is CCC1(NC(=O)c2cccc(C#CCCO)c2)CCC1. The maximum atomic E-state index is 12.3. The van der Waals surface area contributed by atoms with Crippen molar-refractivity contribution in [3.05, 3.63) is 35.4 Å². The minimum absolute atomic E-state index is 0.00958. The number of nitrogens with one attached hydrogen (secondary N) is 1. The van der Waals surface area contributed by atoms with Crippen LogP contribution in [0.15, 0.2) is 24.3 Å². The second kappa shape index (κ2) is 6.58. The third-order valence-corrected chi connectivity index (χ3v) is 3.96. The molecule has 1 fully saturated rings. The van der Waals surface area contributed by atoms with Crippen LogP contribution in [0.4, 0.5) is 0 Å². The average molecular weight is 271 g/mol.